The minimum atomic E-state index is -4.59. The van der Waals surface area contributed by atoms with Crippen molar-refractivity contribution in [2.45, 2.75) is 11.1 Å². The van der Waals surface area contributed by atoms with Crippen LogP contribution in [0.15, 0.2) is 78.7 Å². The van der Waals surface area contributed by atoms with Crippen molar-refractivity contribution in [3.8, 4) is 0 Å². The summed E-state index contributed by atoms with van der Waals surface area (Å²) in [6, 6.07) is 8.97. The van der Waals surface area contributed by atoms with Crippen LogP contribution in [0.5, 0.6) is 0 Å². The molecule has 5 nitrogen and oxygen atoms in total. The number of sulfonamides is 1. The Morgan fingerprint density at radius 3 is 2.14 bits per heavy atom. The van der Waals surface area contributed by atoms with Gasteiger partial charge in [0.15, 0.2) is 0 Å². The van der Waals surface area contributed by atoms with Gasteiger partial charge in [0.1, 0.15) is 0 Å². The van der Waals surface area contributed by atoms with Crippen molar-refractivity contribution in [3.05, 3.63) is 85.0 Å². The number of anilines is 1. The third-order valence-corrected chi connectivity index (χ3v) is 5.24. The molecule has 9 heteroatoms. The molecule has 154 valence electrons. The number of alkyl halides is 3. The molecule has 0 aromatic heterocycles. The number of rotatable bonds is 8. The van der Waals surface area contributed by atoms with Gasteiger partial charge in [0.05, 0.1) is 10.5 Å². The lowest BCUT2D eigenvalue weighted by Crippen LogP contribution is -2.31. The van der Waals surface area contributed by atoms with Crippen LogP contribution in [0.25, 0.3) is 0 Å². The summed E-state index contributed by atoms with van der Waals surface area (Å²) in [5, 5.41) is 0. The maximum Gasteiger partial charge on any atom is 0.416 e. The minimum Gasteiger partial charge on any atom is -0.331 e. The van der Waals surface area contributed by atoms with Crippen LogP contribution in [-0.2, 0) is 16.2 Å². The van der Waals surface area contributed by atoms with E-state index in [0.717, 1.165) is 12.1 Å². The highest BCUT2D eigenvalue weighted by Crippen LogP contribution is 2.31. The van der Waals surface area contributed by atoms with Crippen LogP contribution in [0.4, 0.5) is 18.9 Å². The third kappa shape index (κ3) is 5.71. The number of amides is 1. The molecular formula is C20H19F3N2O3S. The fourth-order valence-electron chi connectivity index (χ4n) is 2.48. The average molecular weight is 424 g/mol. The average Bonchev–Trinajstić information content (AvgIpc) is 2.66. The van der Waals surface area contributed by atoms with E-state index >= 15 is 0 Å². The van der Waals surface area contributed by atoms with Gasteiger partial charge < -0.3 is 4.90 Å². The first-order valence-electron chi connectivity index (χ1n) is 8.39. The number of nitrogens with zero attached hydrogens (tertiary/aromatic N) is 1. The minimum absolute atomic E-state index is 0.189. The molecule has 1 amide bonds. The van der Waals surface area contributed by atoms with Gasteiger partial charge in [0.2, 0.25) is 0 Å². The molecule has 29 heavy (non-hydrogen) atoms. The smallest absolute Gasteiger partial charge is 0.331 e. The van der Waals surface area contributed by atoms with Crippen LogP contribution >= 0.6 is 0 Å². The van der Waals surface area contributed by atoms with Crippen LogP contribution in [-0.4, -0.2) is 32.3 Å². The monoisotopic (exact) mass is 424 g/mol. The summed E-state index contributed by atoms with van der Waals surface area (Å²) < 4.78 is 65.4. The molecule has 1 N–H and O–H groups in total. The van der Waals surface area contributed by atoms with Gasteiger partial charge in [0, 0.05) is 24.3 Å². The van der Waals surface area contributed by atoms with Crippen molar-refractivity contribution in [2.24, 2.45) is 0 Å². The molecule has 0 radical (unpaired) electrons. The highest BCUT2D eigenvalue weighted by molar-refractivity contribution is 7.92. The Bertz CT molecular complexity index is 990. The molecule has 0 aliphatic heterocycles. The Hall–Kier alpha value is -3.07. The molecule has 0 bridgehead atoms. The highest BCUT2D eigenvalue weighted by Gasteiger charge is 2.30. The van der Waals surface area contributed by atoms with Gasteiger partial charge in [-0.15, -0.1) is 13.2 Å². The fraction of sp³-hybridized carbons (Fsp3) is 0.150. The SMILES string of the molecule is C=CCN(CC=C)C(=O)c1ccc(S(=O)(=O)Nc2cccc(C(F)(F)F)c2)cc1. The molecule has 0 fully saturated rings. The van der Waals surface area contributed by atoms with Crippen molar-refractivity contribution in [2.75, 3.05) is 17.8 Å². The molecule has 2 aromatic rings. The number of hydrogen-bond acceptors (Lipinski definition) is 3. The van der Waals surface area contributed by atoms with Crippen LogP contribution in [0.2, 0.25) is 0 Å². The van der Waals surface area contributed by atoms with Crippen LogP contribution in [0.1, 0.15) is 15.9 Å². The van der Waals surface area contributed by atoms with Crippen molar-refractivity contribution in [1.29, 1.82) is 0 Å². The number of carbonyl (C=O) groups excluding carboxylic acids is 1. The predicted octanol–water partition coefficient (Wildman–Crippen LogP) is 4.32. The second kappa shape index (κ2) is 8.95. The highest BCUT2D eigenvalue weighted by atomic mass is 32.2. The summed E-state index contributed by atoms with van der Waals surface area (Å²) in [6.07, 6.45) is -1.48. The van der Waals surface area contributed by atoms with Gasteiger partial charge >= 0.3 is 6.18 Å². The van der Waals surface area contributed by atoms with E-state index in [1.165, 1.54) is 35.2 Å². The lowest BCUT2D eigenvalue weighted by Gasteiger charge is -2.19. The lowest BCUT2D eigenvalue weighted by atomic mass is 10.2. The Labute approximate surface area is 167 Å². The van der Waals surface area contributed by atoms with E-state index in [9.17, 15) is 26.4 Å². The van der Waals surface area contributed by atoms with E-state index in [-0.39, 0.29) is 22.1 Å². The van der Waals surface area contributed by atoms with Gasteiger partial charge in [-0.05, 0) is 42.5 Å². The van der Waals surface area contributed by atoms with Crippen molar-refractivity contribution >= 4 is 21.6 Å². The van der Waals surface area contributed by atoms with E-state index in [1.54, 1.807) is 12.2 Å². The zero-order valence-corrected chi connectivity index (χ0v) is 16.1. The zero-order valence-electron chi connectivity index (χ0n) is 15.3. The van der Waals surface area contributed by atoms with E-state index in [1.807, 2.05) is 0 Å². The van der Waals surface area contributed by atoms with E-state index in [0.29, 0.717) is 19.2 Å². The molecule has 2 rings (SSSR count). The molecule has 0 heterocycles. The van der Waals surface area contributed by atoms with Gasteiger partial charge in [-0.1, -0.05) is 18.2 Å². The summed E-state index contributed by atoms with van der Waals surface area (Å²) >= 11 is 0. The standard InChI is InChI=1S/C20H19F3N2O3S/c1-3-12-25(13-4-2)19(26)15-8-10-18(11-9-15)29(27,28)24-17-7-5-6-16(14-17)20(21,22)23/h3-11,14,24H,1-2,12-13H2. The second-order valence-electron chi connectivity index (χ2n) is 6.00. The first kappa shape index (κ1) is 22.2. The molecule has 0 spiro atoms. The number of carbonyl (C=O) groups is 1. The molecule has 2 aromatic carbocycles. The van der Waals surface area contributed by atoms with Crippen molar-refractivity contribution in [3.63, 3.8) is 0 Å². The molecule has 0 unspecified atom stereocenters. The summed E-state index contributed by atoms with van der Waals surface area (Å²) in [5.74, 6) is -0.334. The Kier molecular flexibility index (Phi) is 6.86. The van der Waals surface area contributed by atoms with E-state index < -0.39 is 21.8 Å². The normalized spacial score (nSPS) is 11.6. The summed E-state index contributed by atoms with van der Waals surface area (Å²) in [5.41, 5.74) is -0.932. The van der Waals surface area contributed by atoms with Crippen LogP contribution < -0.4 is 4.72 Å². The predicted molar refractivity (Wildman–Crippen MR) is 105 cm³/mol. The number of halogens is 3. The van der Waals surface area contributed by atoms with Crippen molar-refractivity contribution in [1.82, 2.24) is 4.90 Å². The summed E-state index contributed by atoms with van der Waals surface area (Å²) in [4.78, 5) is 13.7. The van der Waals surface area contributed by atoms with Crippen LogP contribution in [0.3, 0.4) is 0 Å². The van der Waals surface area contributed by atoms with E-state index in [4.69, 9.17) is 0 Å². The lowest BCUT2D eigenvalue weighted by molar-refractivity contribution is -0.137. The summed E-state index contributed by atoms with van der Waals surface area (Å²) in [6.45, 7) is 7.75. The zero-order chi connectivity index (χ0) is 21.7. The first-order chi connectivity index (χ1) is 13.6. The third-order valence-electron chi connectivity index (χ3n) is 3.84. The maximum atomic E-state index is 12.8. The number of hydrogen-bond donors (Lipinski definition) is 1. The quantitative estimate of drug-likeness (QED) is 0.642. The largest absolute Gasteiger partial charge is 0.416 e. The Morgan fingerprint density at radius 2 is 1.62 bits per heavy atom. The van der Waals surface area contributed by atoms with Crippen molar-refractivity contribution < 1.29 is 26.4 Å². The number of benzene rings is 2. The van der Waals surface area contributed by atoms with Gasteiger partial charge in [-0.25, -0.2) is 8.42 Å². The molecule has 0 aliphatic rings. The second-order valence-corrected chi connectivity index (χ2v) is 7.68. The maximum absolute atomic E-state index is 12.8. The molecular weight excluding hydrogens is 405 g/mol. The molecule has 0 aliphatic carbocycles. The molecule has 0 atom stereocenters. The molecule has 0 saturated heterocycles. The first-order valence-corrected chi connectivity index (χ1v) is 9.88. The van der Waals surface area contributed by atoms with E-state index in [2.05, 4.69) is 17.9 Å². The van der Waals surface area contributed by atoms with Gasteiger partial charge in [-0.2, -0.15) is 13.2 Å². The fourth-order valence-corrected chi connectivity index (χ4v) is 3.53. The summed E-state index contributed by atoms with van der Waals surface area (Å²) in [7, 11) is -4.13. The molecule has 0 saturated carbocycles. The van der Waals surface area contributed by atoms with Crippen LogP contribution in [0, 0.1) is 0 Å². The topological polar surface area (TPSA) is 66.5 Å². The Morgan fingerprint density at radius 1 is 1.03 bits per heavy atom. The van der Waals surface area contributed by atoms with Gasteiger partial charge in [-0.3, -0.25) is 9.52 Å². The van der Waals surface area contributed by atoms with Gasteiger partial charge in [0.25, 0.3) is 15.9 Å². The Balaban J connectivity index is 2.23. The number of nitrogens with one attached hydrogen (secondary N) is 1.